The lowest BCUT2D eigenvalue weighted by molar-refractivity contribution is -0.119. The number of nitrogens with zero attached hydrogens (tertiary/aromatic N) is 3. The lowest BCUT2D eigenvalue weighted by atomic mass is 9.79. The highest BCUT2D eigenvalue weighted by Crippen LogP contribution is 2.41. The average Bonchev–Trinajstić information content (AvgIpc) is 2.89. The second-order valence-corrected chi connectivity index (χ2v) is 9.32. The molecule has 1 aromatic heterocycles. The molecule has 184 valence electrons. The van der Waals surface area contributed by atoms with Crippen LogP contribution in [0, 0.1) is 23.2 Å². The van der Waals surface area contributed by atoms with Crippen LogP contribution in [0.25, 0.3) is 0 Å². The van der Waals surface area contributed by atoms with Crippen LogP contribution in [0.15, 0.2) is 59.4 Å². The van der Waals surface area contributed by atoms with E-state index in [1.54, 1.807) is 12.1 Å². The Morgan fingerprint density at radius 1 is 1.08 bits per heavy atom. The van der Waals surface area contributed by atoms with E-state index in [9.17, 15) is 14.9 Å². The molecule has 8 nitrogen and oxygen atoms in total. The van der Waals surface area contributed by atoms with Crippen molar-refractivity contribution in [1.29, 1.82) is 5.26 Å². The molecule has 0 radical (unpaired) electrons. The van der Waals surface area contributed by atoms with Crippen LogP contribution in [-0.2, 0) is 11.2 Å². The molecule has 1 fully saturated rings. The molecule has 2 atom stereocenters. The van der Waals surface area contributed by atoms with Gasteiger partial charge in [-0.15, -0.1) is 0 Å². The maximum Gasteiger partial charge on any atom is 0.258 e. The van der Waals surface area contributed by atoms with E-state index in [0.717, 1.165) is 32.4 Å². The third-order valence-electron chi connectivity index (χ3n) is 7.09. The molecule has 0 bridgehead atoms. The van der Waals surface area contributed by atoms with E-state index in [0.29, 0.717) is 29.8 Å². The number of aromatic amines is 1. The molecular weight excluding hydrogens is 454 g/mol. The van der Waals surface area contributed by atoms with E-state index >= 15 is 0 Å². The van der Waals surface area contributed by atoms with Gasteiger partial charge in [-0.3, -0.25) is 14.6 Å². The van der Waals surface area contributed by atoms with Crippen molar-refractivity contribution in [3.8, 4) is 11.8 Å². The van der Waals surface area contributed by atoms with Crippen LogP contribution in [0.1, 0.15) is 42.4 Å². The Morgan fingerprint density at radius 3 is 2.53 bits per heavy atom. The molecule has 1 saturated heterocycles. The molecule has 36 heavy (non-hydrogen) atoms. The summed E-state index contributed by atoms with van der Waals surface area (Å²) < 4.78 is 5.76. The number of carbonyl (C=O) groups excluding carboxylic acids is 1. The lowest BCUT2D eigenvalue weighted by Gasteiger charge is -2.34. The summed E-state index contributed by atoms with van der Waals surface area (Å²) in [5, 5.41) is 12.5. The van der Waals surface area contributed by atoms with E-state index in [1.807, 2.05) is 25.1 Å². The maximum absolute atomic E-state index is 13.4. The van der Waals surface area contributed by atoms with Crippen molar-refractivity contribution in [2.75, 3.05) is 29.9 Å². The third-order valence-corrected chi connectivity index (χ3v) is 7.09. The molecule has 3 heterocycles. The predicted octanol–water partition coefficient (Wildman–Crippen LogP) is 3.85. The number of carbonyl (C=O) groups is 1. The fourth-order valence-corrected chi connectivity index (χ4v) is 5.31. The number of nitrogens with one attached hydrogen (secondary N) is 2. The molecule has 5 rings (SSSR count). The quantitative estimate of drug-likeness (QED) is 0.551. The van der Waals surface area contributed by atoms with Crippen molar-refractivity contribution in [1.82, 2.24) is 9.97 Å². The smallest absolute Gasteiger partial charge is 0.258 e. The Morgan fingerprint density at radius 2 is 1.81 bits per heavy atom. The van der Waals surface area contributed by atoms with Crippen molar-refractivity contribution >= 4 is 17.7 Å². The standard InChI is InChI=1S/C28H29N5O3/c1-2-36-22-11-7-6-10-20(22)23-21(17-29)26(34)30-25-24(23)27(35)32-28(31-25)33-14-12-19(13-15-33)16-18-8-4-3-5-9-18/h3-11,19,21,23H,2,12-16H2,1H3,(H2,30,31,32,34,35). The number of ether oxygens (including phenoxy) is 1. The van der Waals surface area contributed by atoms with Gasteiger partial charge < -0.3 is 15.0 Å². The number of hydrogen-bond donors (Lipinski definition) is 2. The third kappa shape index (κ3) is 4.57. The van der Waals surface area contributed by atoms with Crippen LogP contribution >= 0.6 is 0 Å². The van der Waals surface area contributed by atoms with Gasteiger partial charge in [0.05, 0.1) is 18.2 Å². The molecule has 0 aliphatic carbocycles. The Balaban J connectivity index is 1.43. The number of para-hydroxylation sites is 1. The van der Waals surface area contributed by atoms with Crippen LogP contribution in [0.3, 0.4) is 0 Å². The Hall–Kier alpha value is -4.12. The highest BCUT2D eigenvalue weighted by atomic mass is 16.5. The number of piperidine rings is 1. The van der Waals surface area contributed by atoms with Crippen molar-refractivity contribution < 1.29 is 9.53 Å². The van der Waals surface area contributed by atoms with E-state index in [2.05, 4.69) is 50.5 Å². The number of amides is 1. The fourth-order valence-electron chi connectivity index (χ4n) is 5.31. The molecule has 0 saturated carbocycles. The Kier molecular flexibility index (Phi) is 6.72. The Labute approximate surface area is 209 Å². The first kappa shape index (κ1) is 23.6. The van der Waals surface area contributed by atoms with Gasteiger partial charge in [0.15, 0.2) is 0 Å². The van der Waals surface area contributed by atoms with Crippen LogP contribution in [0.2, 0.25) is 0 Å². The van der Waals surface area contributed by atoms with Crippen LogP contribution in [-0.4, -0.2) is 35.6 Å². The minimum Gasteiger partial charge on any atom is -0.494 e. The van der Waals surface area contributed by atoms with Crippen molar-refractivity contribution in [2.45, 2.75) is 32.1 Å². The summed E-state index contributed by atoms with van der Waals surface area (Å²) >= 11 is 0. The summed E-state index contributed by atoms with van der Waals surface area (Å²) in [4.78, 5) is 36.0. The zero-order valence-corrected chi connectivity index (χ0v) is 20.2. The zero-order chi connectivity index (χ0) is 25.1. The van der Waals surface area contributed by atoms with Gasteiger partial charge >= 0.3 is 0 Å². The first-order valence-corrected chi connectivity index (χ1v) is 12.4. The number of H-pyrrole nitrogens is 1. The van der Waals surface area contributed by atoms with Gasteiger partial charge in [0.2, 0.25) is 11.9 Å². The second-order valence-electron chi connectivity index (χ2n) is 9.32. The van der Waals surface area contributed by atoms with Crippen LogP contribution < -0.4 is 20.5 Å². The van der Waals surface area contributed by atoms with E-state index < -0.39 is 17.7 Å². The summed E-state index contributed by atoms with van der Waals surface area (Å²) in [6.07, 6.45) is 3.02. The van der Waals surface area contributed by atoms with Gasteiger partial charge in [-0.25, -0.2) is 0 Å². The Bertz CT molecular complexity index is 1340. The molecule has 2 aliphatic rings. The van der Waals surface area contributed by atoms with Gasteiger partial charge in [0.25, 0.3) is 5.56 Å². The average molecular weight is 484 g/mol. The monoisotopic (exact) mass is 483 g/mol. The number of nitriles is 1. The summed E-state index contributed by atoms with van der Waals surface area (Å²) in [6.45, 7) is 3.83. The highest BCUT2D eigenvalue weighted by molar-refractivity contribution is 5.98. The molecular formula is C28H29N5O3. The highest BCUT2D eigenvalue weighted by Gasteiger charge is 2.41. The summed E-state index contributed by atoms with van der Waals surface area (Å²) in [6, 6.07) is 19.8. The first-order valence-electron chi connectivity index (χ1n) is 12.4. The van der Waals surface area contributed by atoms with Gasteiger partial charge in [-0.2, -0.15) is 10.2 Å². The normalized spacial score (nSPS) is 19.8. The lowest BCUT2D eigenvalue weighted by Crippen LogP contribution is -2.41. The van der Waals surface area contributed by atoms with Gasteiger partial charge in [0.1, 0.15) is 17.5 Å². The number of fused-ring (bicyclic) bond motifs is 1. The summed E-state index contributed by atoms with van der Waals surface area (Å²) in [5.74, 6) is -0.521. The van der Waals surface area contributed by atoms with Crippen molar-refractivity contribution in [3.63, 3.8) is 0 Å². The van der Waals surface area contributed by atoms with E-state index in [1.165, 1.54) is 5.56 Å². The molecule has 2 unspecified atom stereocenters. The molecule has 8 heteroatoms. The fraction of sp³-hybridized carbons (Fsp3) is 0.357. The minimum atomic E-state index is -1.07. The SMILES string of the molecule is CCOc1ccccc1C1c2c(nc(N3CCC(Cc4ccccc4)CC3)[nH]c2=O)NC(=O)C1C#N. The maximum atomic E-state index is 13.4. The molecule has 3 aromatic rings. The molecule has 1 amide bonds. The number of hydrogen-bond acceptors (Lipinski definition) is 6. The second kappa shape index (κ2) is 10.2. The molecule has 2 N–H and O–H groups in total. The topological polar surface area (TPSA) is 111 Å². The minimum absolute atomic E-state index is 0.216. The zero-order valence-electron chi connectivity index (χ0n) is 20.2. The van der Waals surface area contributed by atoms with Crippen LogP contribution in [0.5, 0.6) is 5.75 Å². The molecule has 2 aromatic carbocycles. The summed E-state index contributed by atoms with van der Waals surface area (Å²) in [7, 11) is 0. The summed E-state index contributed by atoms with van der Waals surface area (Å²) in [5.41, 5.74) is 1.90. The van der Waals surface area contributed by atoms with Crippen molar-refractivity contribution in [2.24, 2.45) is 11.8 Å². The predicted molar refractivity (Wildman–Crippen MR) is 137 cm³/mol. The molecule has 0 spiro atoms. The first-order chi connectivity index (χ1) is 17.6. The van der Waals surface area contributed by atoms with Crippen molar-refractivity contribution in [3.05, 3.63) is 81.6 Å². The van der Waals surface area contributed by atoms with Gasteiger partial charge in [-0.05, 0) is 43.7 Å². The van der Waals surface area contributed by atoms with Gasteiger partial charge in [-0.1, -0.05) is 48.5 Å². The van der Waals surface area contributed by atoms with Gasteiger partial charge in [0, 0.05) is 24.6 Å². The largest absolute Gasteiger partial charge is 0.494 e. The molecule has 2 aliphatic heterocycles. The van der Waals surface area contributed by atoms with E-state index in [4.69, 9.17) is 4.74 Å². The van der Waals surface area contributed by atoms with E-state index in [-0.39, 0.29) is 16.9 Å². The number of benzene rings is 2. The number of anilines is 2. The number of rotatable bonds is 6. The van der Waals surface area contributed by atoms with Crippen LogP contribution in [0.4, 0.5) is 11.8 Å². The number of aromatic nitrogens is 2.